The molecular weight excluding hydrogens is 241 g/mol. The second kappa shape index (κ2) is 4.55. The molecule has 2 aromatic rings. The van der Waals surface area contributed by atoms with Gasteiger partial charge < -0.3 is 4.72 Å². The third-order valence-corrected chi connectivity index (χ3v) is 3.41. The van der Waals surface area contributed by atoms with E-state index in [1.807, 2.05) is 0 Å². The first-order valence-electron chi connectivity index (χ1n) is 4.86. The molecule has 0 fully saturated rings. The Balaban J connectivity index is 2.27. The summed E-state index contributed by atoms with van der Waals surface area (Å²) >= 11 is 0. The third kappa shape index (κ3) is 2.82. The van der Waals surface area contributed by atoms with Crippen molar-refractivity contribution in [2.75, 3.05) is 0 Å². The van der Waals surface area contributed by atoms with Crippen LogP contribution in [0.15, 0.2) is 59.5 Å². The van der Waals surface area contributed by atoms with Gasteiger partial charge in [0.1, 0.15) is 15.8 Å². The average molecular weight is 250 g/mol. The van der Waals surface area contributed by atoms with E-state index >= 15 is 0 Å². The Morgan fingerprint density at radius 3 is 2.06 bits per heavy atom. The molecular formula is C12H9FNO2S-. The fourth-order valence-corrected chi connectivity index (χ4v) is 2.29. The van der Waals surface area contributed by atoms with Crippen molar-refractivity contribution in [3.63, 3.8) is 0 Å². The molecule has 0 heterocycles. The van der Waals surface area contributed by atoms with Crippen molar-refractivity contribution in [1.82, 2.24) is 0 Å². The van der Waals surface area contributed by atoms with Gasteiger partial charge in [-0.15, -0.1) is 5.69 Å². The van der Waals surface area contributed by atoms with E-state index in [-0.39, 0.29) is 10.6 Å². The summed E-state index contributed by atoms with van der Waals surface area (Å²) in [7, 11) is -3.72. The van der Waals surface area contributed by atoms with Crippen molar-refractivity contribution in [3.05, 3.63) is 65.1 Å². The van der Waals surface area contributed by atoms with E-state index in [4.69, 9.17) is 0 Å². The lowest BCUT2D eigenvalue weighted by Crippen LogP contribution is -1.96. The monoisotopic (exact) mass is 250 g/mol. The second-order valence-electron chi connectivity index (χ2n) is 3.36. The lowest BCUT2D eigenvalue weighted by atomic mass is 10.3. The quantitative estimate of drug-likeness (QED) is 0.839. The van der Waals surface area contributed by atoms with Gasteiger partial charge in [-0.1, -0.05) is 30.3 Å². The predicted molar refractivity (Wildman–Crippen MR) is 63.0 cm³/mol. The summed E-state index contributed by atoms with van der Waals surface area (Å²) < 4.78 is 39.9. The smallest absolute Gasteiger partial charge is 0.123 e. The molecule has 0 spiro atoms. The van der Waals surface area contributed by atoms with Crippen LogP contribution in [-0.4, -0.2) is 8.42 Å². The van der Waals surface area contributed by atoms with E-state index < -0.39 is 15.8 Å². The Morgan fingerprint density at radius 1 is 0.882 bits per heavy atom. The van der Waals surface area contributed by atoms with Gasteiger partial charge in [-0.2, -0.15) is 0 Å². The van der Waals surface area contributed by atoms with E-state index in [9.17, 15) is 12.8 Å². The second-order valence-corrected chi connectivity index (χ2v) is 4.96. The number of nitrogens with zero attached hydrogens (tertiary/aromatic N) is 1. The zero-order valence-corrected chi connectivity index (χ0v) is 9.56. The van der Waals surface area contributed by atoms with Crippen LogP contribution in [0.25, 0.3) is 4.72 Å². The minimum Gasteiger partial charge on any atom is -0.573 e. The molecule has 2 aromatic carbocycles. The number of rotatable bonds is 3. The molecule has 0 aliphatic carbocycles. The van der Waals surface area contributed by atoms with Crippen molar-refractivity contribution < 1.29 is 12.8 Å². The Kier molecular flexibility index (Phi) is 3.10. The molecule has 0 saturated heterocycles. The molecule has 17 heavy (non-hydrogen) atoms. The number of hydrogen-bond acceptors (Lipinski definition) is 2. The van der Waals surface area contributed by atoms with Crippen LogP contribution in [0.2, 0.25) is 0 Å². The zero-order valence-electron chi connectivity index (χ0n) is 8.75. The van der Waals surface area contributed by atoms with Crippen LogP contribution in [0.5, 0.6) is 0 Å². The van der Waals surface area contributed by atoms with Gasteiger partial charge in [0.05, 0.1) is 4.90 Å². The highest BCUT2D eigenvalue weighted by Gasteiger charge is 2.02. The van der Waals surface area contributed by atoms with E-state index in [0.717, 1.165) is 0 Å². The topological polar surface area (TPSA) is 48.2 Å². The number of halogens is 1. The average Bonchev–Trinajstić information content (AvgIpc) is 2.33. The summed E-state index contributed by atoms with van der Waals surface area (Å²) in [5, 5.41) is 0. The minimum absolute atomic E-state index is 0.115. The molecule has 0 N–H and O–H groups in total. The fraction of sp³-hybridized carbons (Fsp3) is 0. The molecule has 0 aliphatic heterocycles. The van der Waals surface area contributed by atoms with E-state index in [1.165, 1.54) is 36.4 Å². The summed E-state index contributed by atoms with van der Waals surface area (Å²) in [5.74, 6) is -0.430. The number of benzene rings is 2. The van der Waals surface area contributed by atoms with E-state index in [0.29, 0.717) is 0 Å². The molecule has 5 heteroatoms. The van der Waals surface area contributed by atoms with Crippen LogP contribution in [0, 0.1) is 5.82 Å². The Hall–Kier alpha value is -1.88. The predicted octanol–water partition coefficient (Wildman–Crippen LogP) is 3.22. The van der Waals surface area contributed by atoms with E-state index in [1.54, 1.807) is 18.2 Å². The van der Waals surface area contributed by atoms with Gasteiger partial charge in [0.2, 0.25) is 0 Å². The maximum atomic E-state index is 12.7. The van der Waals surface area contributed by atoms with Crippen LogP contribution in [0.1, 0.15) is 0 Å². The first-order chi connectivity index (χ1) is 8.08. The minimum atomic E-state index is -3.72. The molecule has 0 aliphatic rings. The summed E-state index contributed by atoms with van der Waals surface area (Å²) in [6.45, 7) is 0. The fourth-order valence-electron chi connectivity index (χ4n) is 1.29. The van der Waals surface area contributed by atoms with Crippen molar-refractivity contribution in [1.29, 1.82) is 0 Å². The van der Waals surface area contributed by atoms with Crippen molar-refractivity contribution in [3.8, 4) is 0 Å². The highest BCUT2D eigenvalue weighted by molar-refractivity contribution is 7.94. The molecule has 88 valence electrons. The molecule has 3 nitrogen and oxygen atoms in total. The molecule has 0 radical (unpaired) electrons. The van der Waals surface area contributed by atoms with Crippen molar-refractivity contribution in [2.24, 2.45) is 0 Å². The Labute approximate surface area is 99.0 Å². The third-order valence-electron chi connectivity index (χ3n) is 2.09. The van der Waals surface area contributed by atoms with Gasteiger partial charge in [0, 0.05) is 0 Å². The highest BCUT2D eigenvalue weighted by Crippen LogP contribution is 2.27. The summed E-state index contributed by atoms with van der Waals surface area (Å²) in [6.07, 6.45) is 0. The standard InChI is InChI=1S/C12H9FNO2S/c13-10-6-8-11(9-7-10)14-17(15,16)12-4-2-1-3-5-12/h1-9H/q-1. The van der Waals surface area contributed by atoms with E-state index in [2.05, 4.69) is 4.72 Å². The zero-order chi connectivity index (χ0) is 12.3. The maximum Gasteiger partial charge on any atom is 0.123 e. The van der Waals surface area contributed by atoms with Crippen LogP contribution < -0.4 is 0 Å². The highest BCUT2D eigenvalue weighted by atomic mass is 32.2. The lowest BCUT2D eigenvalue weighted by molar-refractivity contribution is 0.603. The SMILES string of the molecule is O=S(=O)([N-]c1ccc(F)cc1)c1ccccc1. The van der Waals surface area contributed by atoms with Gasteiger partial charge >= 0.3 is 0 Å². The van der Waals surface area contributed by atoms with Crippen LogP contribution >= 0.6 is 0 Å². The normalized spacial score (nSPS) is 11.1. The maximum absolute atomic E-state index is 12.7. The molecule has 0 aromatic heterocycles. The number of hydrogen-bond donors (Lipinski definition) is 0. The van der Waals surface area contributed by atoms with Gasteiger partial charge in [0.25, 0.3) is 0 Å². The van der Waals surface area contributed by atoms with Crippen LogP contribution in [-0.2, 0) is 10.0 Å². The van der Waals surface area contributed by atoms with Crippen LogP contribution in [0.3, 0.4) is 0 Å². The molecule has 0 amide bonds. The molecule has 0 saturated carbocycles. The Bertz CT molecular complexity index is 594. The molecule has 2 rings (SSSR count). The summed E-state index contributed by atoms with van der Waals surface area (Å²) in [4.78, 5) is 0.115. The van der Waals surface area contributed by atoms with Gasteiger partial charge in [-0.25, -0.2) is 12.8 Å². The summed E-state index contributed by atoms with van der Waals surface area (Å²) in [6, 6.07) is 12.8. The first-order valence-corrected chi connectivity index (χ1v) is 6.30. The summed E-state index contributed by atoms with van der Waals surface area (Å²) in [5.41, 5.74) is 0.204. The first kappa shape index (κ1) is 11.6. The molecule has 0 atom stereocenters. The lowest BCUT2D eigenvalue weighted by Gasteiger charge is -2.21. The number of sulfonamides is 1. The Morgan fingerprint density at radius 2 is 1.47 bits per heavy atom. The van der Waals surface area contributed by atoms with Crippen molar-refractivity contribution >= 4 is 15.7 Å². The van der Waals surface area contributed by atoms with Gasteiger partial charge in [0.15, 0.2) is 0 Å². The molecule has 0 unspecified atom stereocenters. The van der Waals surface area contributed by atoms with Gasteiger partial charge in [-0.05, 0) is 24.3 Å². The largest absolute Gasteiger partial charge is 0.573 e. The van der Waals surface area contributed by atoms with Crippen molar-refractivity contribution in [2.45, 2.75) is 4.90 Å². The molecule has 0 bridgehead atoms. The van der Waals surface area contributed by atoms with Gasteiger partial charge in [-0.3, -0.25) is 0 Å². The van der Waals surface area contributed by atoms with Crippen LogP contribution in [0.4, 0.5) is 10.1 Å².